The number of benzene rings is 3. The SMILES string of the molecule is CN(C)S(=O)(=O)c1ccc(OCCNC(=O)CN(c2ccc(F)c(Cl)c2)S(=O)(=O)c2ccccc2)cc1. The van der Waals surface area contributed by atoms with Crippen molar-refractivity contribution >= 4 is 43.2 Å². The number of carbonyl (C=O) groups is 1. The van der Waals surface area contributed by atoms with Crippen LogP contribution in [-0.2, 0) is 24.8 Å². The number of sulfonamides is 2. The van der Waals surface area contributed by atoms with Crippen LogP contribution in [0.2, 0.25) is 5.02 Å². The van der Waals surface area contributed by atoms with E-state index in [-0.39, 0.29) is 33.7 Å². The van der Waals surface area contributed by atoms with E-state index in [1.807, 2.05) is 0 Å². The largest absolute Gasteiger partial charge is 0.492 e. The fourth-order valence-electron chi connectivity index (χ4n) is 3.14. The molecular weight excluding hydrogens is 545 g/mol. The first kappa shape index (κ1) is 28.4. The zero-order valence-electron chi connectivity index (χ0n) is 20.0. The summed E-state index contributed by atoms with van der Waals surface area (Å²) in [5, 5.41) is 2.29. The summed E-state index contributed by atoms with van der Waals surface area (Å²) in [4.78, 5) is 12.7. The van der Waals surface area contributed by atoms with Crippen LogP contribution >= 0.6 is 11.6 Å². The predicted molar refractivity (Wildman–Crippen MR) is 138 cm³/mol. The molecule has 0 aliphatic heterocycles. The van der Waals surface area contributed by atoms with Gasteiger partial charge < -0.3 is 10.1 Å². The van der Waals surface area contributed by atoms with Crippen molar-refractivity contribution in [1.82, 2.24) is 9.62 Å². The Balaban J connectivity index is 1.65. The lowest BCUT2D eigenvalue weighted by molar-refractivity contribution is -0.119. The van der Waals surface area contributed by atoms with Crippen molar-refractivity contribution in [1.29, 1.82) is 0 Å². The van der Waals surface area contributed by atoms with Gasteiger partial charge in [0.1, 0.15) is 24.7 Å². The third kappa shape index (κ3) is 6.98. The average Bonchev–Trinajstić information content (AvgIpc) is 2.87. The molecule has 0 spiro atoms. The van der Waals surface area contributed by atoms with Gasteiger partial charge in [-0.2, -0.15) is 0 Å². The van der Waals surface area contributed by atoms with Gasteiger partial charge in [-0.15, -0.1) is 0 Å². The van der Waals surface area contributed by atoms with E-state index in [1.54, 1.807) is 18.2 Å². The topological polar surface area (TPSA) is 113 Å². The summed E-state index contributed by atoms with van der Waals surface area (Å²) in [5.74, 6) is -0.964. The summed E-state index contributed by atoms with van der Waals surface area (Å²) in [6.45, 7) is -0.504. The first-order chi connectivity index (χ1) is 17.4. The van der Waals surface area contributed by atoms with Gasteiger partial charge in [-0.05, 0) is 54.6 Å². The summed E-state index contributed by atoms with van der Waals surface area (Å²) in [6.07, 6.45) is 0. The van der Waals surface area contributed by atoms with Crippen molar-refractivity contribution in [2.24, 2.45) is 0 Å². The molecule has 0 bridgehead atoms. The Bertz CT molecular complexity index is 1450. The number of ether oxygens (including phenoxy) is 1. The minimum Gasteiger partial charge on any atom is -0.492 e. The standard InChI is InChI=1S/C24H25ClFN3O6S2/c1-28(2)36(31,32)21-11-9-19(10-12-21)35-15-14-27-24(30)17-29(18-8-13-23(26)22(25)16-18)37(33,34)20-6-4-3-5-7-20/h3-13,16H,14-15,17H2,1-2H3,(H,27,30). The van der Waals surface area contributed by atoms with Crippen LogP contribution in [0.1, 0.15) is 0 Å². The van der Waals surface area contributed by atoms with Crippen molar-refractivity contribution in [3.05, 3.63) is 83.6 Å². The van der Waals surface area contributed by atoms with Crippen LogP contribution in [0.3, 0.4) is 0 Å². The Morgan fingerprint density at radius 3 is 2.14 bits per heavy atom. The maximum Gasteiger partial charge on any atom is 0.264 e. The molecule has 0 saturated heterocycles. The predicted octanol–water partition coefficient (Wildman–Crippen LogP) is 3.12. The molecule has 37 heavy (non-hydrogen) atoms. The number of nitrogens with one attached hydrogen (secondary N) is 1. The third-order valence-electron chi connectivity index (χ3n) is 5.10. The molecule has 13 heteroatoms. The first-order valence-corrected chi connectivity index (χ1v) is 14.1. The second-order valence-electron chi connectivity index (χ2n) is 7.88. The molecule has 0 radical (unpaired) electrons. The van der Waals surface area contributed by atoms with Crippen molar-refractivity contribution in [3.63, 3.8) is 0 Å². The van der Waals surface area contributed by atoms with Gasteiger partial charge in [0.25, 0.3) is 10.0 Å². The highest BCUT2D eigenvalue weighted by atomic mass is 35.5. The number of amides is 1. The normalized spacial score (nSPS) is 11.8. The quantitative estimate of drug-likeness (QED) is 0.355. The average molecular weight is 570 g/mol. The maximum absolute atomic E-state index is 13.7. The molecule has 0 aliphatic carbocycles. The minimum atomic E-state index is -4.17. The minimum absolute atomic E-state index is 0.0226. The molecule has 0 fully saturated rings. The number of carbonyl (C=O) groups excluding carboxylic acids is 1. The first-order valence-electron chi connectivity index (χ1n) is 10.9. The summed E-state index contributed by atoms with van der Waals surface area (Å²) < 4.78 is 71.9. The lowest BCUT2D eigenvalue weighted by Crippen LogP contribution is -2.42. The Morgan fingerprint density at radius 1 is 0.919 bits per heavy atom. The molecule has 0 aromatic heterocycles. The van der Waals surface area contributed by atoms with Gasteiger partial charge in [0.05, 0.1) is 27.0 Å². The second kappa shape index (κ2) is 11.9. The fraction of sp³-hybridized carbons (Fsp3) is 0.208. The highest BCUT2D eigenvalue weighted by molar-refractivity contribution is 7.92. The molecule has 1 N–H and O–H groups in total. The van der Waals surface area contributed by atoms with Gasteiger partial charge in [0.15, 0.2) is 0 Å². The van der Waals surface area contributed by atoms with E-state index in [0.717, 1.165) is 20.7 Å². The van der Waals surface area contributed by atoms with Gasteiger partial charge >= 0.3 is 0 Å². The fourth-order valence-corrected chi connectivity index (χ4v) is 5.65. The molecule has 3 rings (SSSR count). The van der Waals surface area contributed by atoms with E-state index in [2.05, 4.69) is 5.32 Å². The Kier molecular flexibility index (Phi) is 9.13. The zero-order valence-corrected chi connectivity index (χ0v) is 22.4. The number of anilines is 1. The number of halogens is 2. The molecule has 0 unspecified atom stereocenters. The monoisotopic (exact) mass is 569 g/mol. The lowest BCUT2D eigenvalue weighted by atomic mass is 10.3. The zero-order chi connectivity index (χ0) is 27.2. The summed E-state index contributed by atoms with van der Waals surface area (Å²) in [5.41, 5.74) is 0.0226. The number of hydrogen-bond acceptors (Lipinski definition) is 6. The molecule has 198 valence electrons. The molecule has 1 amide bonds. The smallest absolute Gasteiger partial charge is 0.264 e. The van der Waals surface area contributed by atoms with Crippen LogP contribution in [0.15, 0.2) is 82.6 Å². The van der Waals surface area contributed by atoms with Crippen LogP contribution in [0.25, 0.3) is 0 Å². The molecular formula is C24H25ClFN3O6S2. The van der Waals surface area contributed by atoms with Crippen molar-refractivity contribution in [3.8, 4) is 5.75 Å². The van der Waals surface area contributed by atoms with Gasteiger partial charge in [-0.3, -0.25) is 9.10 Å². The molecule has 9 nitrogen and oxygen atoms in total. The van der Waals surface area contributed by atoms with E-state index in [0.29, 0.717) is 5.75 Å². The number of rotatable bonds is 11. The Morgan fingerprint density at radius 2 is 1.54 bits per heavy atom. The van der Waals surface area contributed by atoms with E-state index in [9.17, 15) is 26.0 Å². The Hall–Kier alpha value is -3.19. The van der Waals surface area contributed by atoms with Crippen LogP contribution in [0.4, 0.5) is 10.1 Å². The van der Waals surface area contributed by atoms with E-state index in [4.69, 9.17) is 16.3 Å². The second-order valence-corrected chi connectivity index (χ2v) is 12.3. The van der Waals surface area contributed by atoms with Crippen LogP contribution in [-0.4, -0.2) is 60.8 Å². The highest BCUT2D eigenvalue weighted by Gasteiger charge is 2.27. The molecule has 0 aliphatic rings. The summed E-state index contributed by atoms with van der Waals surface area (Å²) >= 11 is 5.85. The van der Waals surface area contributed by atoms with E-state index >= 15 is 0 Å². The van der Waals surface area contributed by atoms with Gasteiger partial charge in [0, 0.05) is 14.1 Å². The van der Waals surface area contributed by atoms with Crippen LogP contribution in [0, 0.1) is 5.82 Å². The third-order valence-corrected chi connectivity index (χ3v) is 9.01. The lowest BCUT2D eigenvalue weighted by Gasteiger charge is -2.24. The molecule has 0 atom stereocenters. The number of nitrogens with zero attached hydrogens (tertiary/aromatic N) is 2. The van der Waals surface area contributed by atoms with Crippen LogP contribution in [0.5, 0.6) is 5.75 Å². The van der Waals surface area contributed by atoms with E-state index < -0.39 is 38.3 Å². The molecule has 0 saturated carbocycles. The van der Waals surface area contributed by atoms with Crippen molar-refractivity contribution in [2.75, 3.05) is 38.1 Å². The van der Waals surface area contributed by atoms with Gasteiger partial charge in [0.2, 0.25) is 15.9 Å². The number of hydrogen-bond donors (Lipinski definition) is 1. The molecule has 0 heterocycles. The van der Waals surface area contributed by atoms with Gasteiger partial charge in [-0.1, -0.05) is 29.8 Å². The van der Waals surface area contributed by atoms with Crippen LogP contribution < -0.4 is 14.4 Å². The maximum atomic E-state index is 13.7. The molecule has 3 aromatic rings. The molecule has 3 aromatic carbocycles. The highest BCUT2D eigenvalue weighted by Crippen LogP contribution is 2.27. The van der Waals surface area contributed by atoms with Crippen molar-refractivity contribution < 1.29 is 30.8 Å². The Labute approximate surface area is 220 Å². The van der Waals surface area contributed by atoms with E-state index in [1.165, 1.54) is 56.6 Å². The summed E-state index contributed by atoms with van der Waals surface area (Å²) in [7, 11) is -4.87. The van der Waals surface area contributed by atoms with Gasteiger partial charge in [-0.25, -0.2) is 25.5 Å². The summed E-state index contributed by atoms with van der Waals surface area (Å²) in [6, 6.07) is 16.7. The van der Waals surface area contributed by atoms with Crippen molar-refractivity contribution in [2.45, 2.75) is 9.79 Å².